The van der Waals surface area contributed by atoms with Gasteiger partial charge in [0, 0.05) is 25.7 Å². The third-order valence-electron chi connectivity index (χ3n) is 3.28. The van der Waals surface area contributed by atoms with Crippen LogP contribution in [0.5, 0.6) is 0 Å². The molecule has 80 valence electrons. The first-order valence-electron chi connectivity index (χ1n) is 5.04. The van der Waals surface area contributed by atoms with Crippen molar-refractivity contribution in [2.75, 3.05) is 26.7 Å². The summed E-state index contributed by atoms with van der Waals surface area (Å²) >= 11 is 5.87. The molecule has 0 aromatic heterocycles. The topological polar surface area (TPSA) is 39.1 Å². The van der Waals surface area contributed by atoms with Gasteiger partial charge in [0.15, 0.2) is 5.17 Å². The van der Waals surface area contributed by atoms with Gasteiger partial charge in [-0.2, -0.15) is 0 Å². The van der Waals surface area contributed by atoms with E-state index in [1.807, 2.05) is 0 Å². The van der Waals surface area contributed by atoms with Gasteiger partial charge >= 0.3 is 0 Å². The zero-order chi connectivity index (χ0) is 10.1. The number of likely N-dealkylation sites (N-methyl/N-ethyl adjacent to an activating group) is 1. The van der Waals surface area contributed by atoms with Crippen molar-refractivity contribution in [2.45, 2.75) is 24.9 Å². The van der Waals surface area contributed by atoms with Crippen LogP contribution in [0.3, 0.4) is 0 Å². The molecule has 1 N–H and O–H groups in total. The number of nitrogens with zero attached hydrogens (tertiary/aromatic N) is 3. The molecule has 0 radical (unpaired) electrons. The van der Waals surface area contributed by atoms with E-state index in [0.717, 1.165) is 32.5 Å². The molecule has 0 spiro atoms. The third-order valence-corrected chi connectivity index (χ3v) is 3.60. The molecule has 2 aliphatic rings. The van der Waals surface area contributed by atoms with Crippen LogP contribution in [-0.4, -0.2) is 58.9 Å². The Morgan fingerprint density at radius 2 is 2.21 bits per heavy atom. The van der Waals surface area contributed by atoms with E-state index in [0.29, 0.717) is 11.2 Å². The van der Waals surface area contributed by atoms with Gasteiger partial charge < -0.3 is 10.1 Å². The highest BCUT2D eigenvalue weighted by Gasteiger charge is 2.38. The fourth-order valence-corrected chi connectivity index (χ4v) is 2.77. The molecule has 2 aliphatic heterocycles. The zero-order valence-corrected chi connectivity index (χ0v) is 9.11. The molecular formula is C9H16ClN3O. The Morgan fingerprint density at radius 3 is 2.93 bits per heavy atom. The van der Waals surface area contributed by atoms with Crippen molar-refractivity contribution in [3.8, 4) is 0 Å². The minimum absolute atomic E-state index is 0.153. The van der Waals surface area contributed by atoms with Crippen molar-refractivity contribution in [3.05, 3.63) is 0 Å². The van der Waals surface area contributed by atoms with Gasteiger partial charge in [-0.1, -0.05) is 16.8 Å². The molecule has 2 rings (SSSR count). The number of piperazine rings is 1. The lowest BCUT2D eigenvalue weighted by molar-refractivity contribution is 0.111. The number of fused-ring (bicyclic) bond motifs is 1. The van der Waals surface area contributed by atoms with Gasteiger partial charge in [0.05, 0.1) is 6.04 Å². The van der Waals surface area contributed by atoms with Gasteiger partial charge in [-0.3, -0.25) is 4.90 Å². The molecule has 2 atom stereocenters. The molecule has 0 saturated carbocycles. The Bertz CT molecular complexity index is 246. The standard InChI is InChI=1S/C9H16ClN3O/c1-12-4-5-13-7(6-12)2-3-8(13)9(10)11-14/h7-8,14H,2-6H2,1H3/b11-9-/t7-,8+/m0/s1. The van der Waals surface area contributed by atoms with E-state index in [9.17, 15) is 0 Å². The van der Waals surface area contributed by atoms with Crippen LogP contribution in [0.4, 0.5) is 0 Å². The number of halogens is 1. The van der Waals surface area contributed by atoms with Crippen LogP contribution in [0.1, 0.15) is 12.8 Å². The van der Waals surface area contributed by atoms with E-state index in [-0.39, 0.29) is 6.04 Å². The molecule has 2 fully saturated rings. The fraction of sp³-hybridized carbons (Fsp3) is 0.889. The van der Waals surface area contributed by atoms with Crippen LogP contribution in [0, 0.1) is 0 Å². The second-order valence-electron chi connectivity index (χ2n) is 4.17. The highest BCUT2D eigenvalue weighted by molar-refractivity contribution is 6.66. The van der Waals surface area contributed by atoms with E-state index in [1.165, 1.54) is 0 Å². The summed E-state index contributed by atoms with van der Waals surface area (Å²) in [5.74, 6) is 0. The molecule has 0 unspecified atom stereocenters. The van der Waals surface area contributed by atoms with Gasteiger partial charge in [0.25, 0.3) is 0 Å². The largest absolute Gasteiger partial charge is 0.410 e. The SMILES string of the molecule is CN1CCN2[C@@H](CC[C@@H]2/C(Cl)=N/O)C1. The highest BCUT2D eigenvalue weighted by Crippen LogP contribution is 2.28. The molecule has 0 amide bonds. The molecule has 0 aromatic rings. The van der Waals surface area contributed by atoms with Crippen molar-refractivity contribution < 1.29 is 5.21 Å². The normalized spacial score (nSPS) is 36.0. The summed E-state index contributed by atoms with van der Waals surface area (Å²) in [6, 6.07) is 0.745. The van der Waals surface area contributed by atoms with Crippen molar-refractivity contribution in [1.29, 1.82) is 0 Å². The maximum absolute atomic E-state index is 8.66. The smallest absolute Gasteiger partial charge is 0.162 e. The summed E-state index contributed by atoms with van der Waals surface area (Å²) < 4.78 is 0. The number of hydrogen-bond donors (Lipinski definition) is 1. The van der Waals surface area contributed by atoms with Gasteiger partial charge in [-0.05, 0) is 19.9 Å². The van der Waals surface area contributed by atoms with Gasteiger partial charge in [-0.25, -0.2) is 0 Å². The predicted octanol–water partition coefficient (Wildman–Crippen LogP) is 0.791. The second kappa shape index (κ2) is 4.04. The summed E-state index contributed by atoms with van der Waals surface area (Å²) in [7, 11) is 2.15. The molecular weight excluding hydrogens is 202 g/mol. The first-order valence-corrected chi connectivity index (χ1v) is 5.42. The Labute approximate surface area is 89.1 Å². The molecule has 0 bridgehead atoms. The molecule has 0 aromatic carbocycles. The number of hydrogen-bond acceptors (Lipinski definition) is 4. The van der Waals surface area contributed by atoms with Crippen molar-refractivity contribution >= 4 is 16.8 Å². The average Bonchev–Trinajstić information content (AvgIpc) is 2.59. The second-order valence-corrected chi connectivity index (χ2v) is 4.56. The highest BCUT2D eigenvalue weighted by atomic mass is 35.5. The number of oxime groups is 1. The van der Waals surface area contributed by atoms with E-state index in [2.05, 4.69) is 22.0 Å². The van der Waals surface area contributed by atoms with Crippen LogP contribution in [-0.2, 0) is 0 Å². The van der Waals surface area contributed by atoms with Gasteiger partial charge in [-0.15, -0.1) is 0 Å². The molecule has 14 heavy (non-hydrogen) atoms. The summed E-state index contributed by atoms with van der Waals surface area (Å²) in [5.41, 5.74) is 0. The zero-order valence-electron chi connectivity index (χ0n) is 8.36. The Kier molecular flexibility index (Phi) is 2.95. The Morgan fingerprint density at radius 1 is 1.43 bits per heavy atom. The maximum atomic E-state index is 8.66. The van der Waals surface area contributed by atoms with Gasteiger partial charge in [0.1, 0.15) is 0 Å². The summed E-state index contributed by atoms with van der Waals surface area (Å²) in [6.07, 6.45) is 2.17. The average molecular weight is 218 g/mol. The minimum Gasteiger partial charge on any atom is -0.410 e. The van der Waals surface area contributed by atoms with Gasteiger partial charge in [0.2, 0.25) is 0 Å². The first kappa shape index (κ1) is 10.2. The summed E-state index contributed by atoms with van der Waals surface area (Å²) in [5, 5.41) is 12.1. The van der Waals surface area contributed by atoms with Crippen LogP contribution < -0.4 is 0 Å². The predicted molar refractivity (Wildman–Crippen MR) is 56.1 cm³/mol. The lowest BCUT2D eigenvalue weighted by Gasteiger charge is -2.37. The molecule has 5 heteroatoms. The summed E-state index contributed by atoms with van der Waals surface area (Å²) in [4.78, 5) is 4.70. The molecule has 2 heterocycles. The van der Waals surface area contributed by atoms with Crippen molar-refractivity contribution in [3.63, 3.8) is 0 Å². The van der Waals surface area contributed by atoms with Crippen LogP contribution in [0.2, 0.25) is 0 Å². The van der Waals surface area contributed by atoms with Crippen LogP contribution in [0.25, 0.3) is 0 Å². The monoisotopic (exact) mass is 217 g/mol. The summed E-state index contributed by atoms with van der Waals surface area (Å²) in [6.45, 7) is 3.20. The Balaban J connectivity index is 2.05. The maximum Gasteiger partial charge on any atom is 0.162 e. The first-order chi connectivity index (χ1) is 6.72. The van der Waals surface area contributed by atoms with Crippen molar-refractivity contribution in [1.82, 2.24) is 9.80 Å². The minimum atomic E-state index is 0.153. The van der Waals surface area contributed by atoms with Crippen LogP contribution in [0.15, 0.2) is 5.16 Å². The van der Waals surface area contributed by atoms with Crippen molar-refractivity contribution in [2.24, 2.45) is 5.16 Å². The van der Waals surface area contributed by atoms with E-state index in [4.69, 9.17) is 16.8 Å². The van der Waals surface area contributed by atoms with E-state index >= 15 is 0 Å². The van der Waals surface area contributed by atoms with E-state index in [1.54, 1.807) is 0 Å². The molecule has 2 saturated heterocycles. The molecule has 4 nitrogen and oxygen atoms in total. The molecule has 0 aliphatic carbocycles. The number of rotatable bonds is 1. The lowest BCUT2D eigenvalue weighted by atomic mass is 10.2. The lowest BCUT2D eigenvalue weighted by Crippen LogP contribution is -2.52. The quantitative estimate of drug-likeness (QED) is 0.401. The fourth-order valence-electron chi connectivity index (χ4n) is 2.53. The third kappa shape index (κ3) is 1.74. The van der Waals surface area contributed by atoms with E-state index < -0.39 is 0 Å². The Hall–Kier alpha value is -0.320. The van der Waals surface area contributed by atoms with Crippen LogP contribution >= 0.6 is 11.6 Å².